The normalized spacial score (nSPS) is 11.8. The van der Waals surface area contributed by atoms with Crippen LogP contribution in [0.3, 0.4) is 0 Å². The maximum atomic E-state index is 5.83. The molecule has 94 heavy (non-hydrogen) atoms. The fraction of sp³-hybridized carbons (Fsp3) is 0. The van der Waals surface area contributed by atoms with Gasteiger partial charge in [0.25, 0.3) is 0 Å². The first kappa shape index (κ1) is 56.1. The summed E-state index contributed by atoms with van der Waals surface area (Å²) in [4.78, 5) is 17.4. The second kappa shape index (κ2) is 23.7. The topological polar surface area (TPSA) is 48.5 Å². The first-order valence-electron chi connectivity index (χ1n) is 32.2. The molecule has 0 bridgehead atoms. The Morgan fingerprint density at radius 2 is 0.543 bits per heavy atom. The average molecular weight is 1230 g/mol. The molecule has 5 nitrogen and oxygen atoms in total. The van der Waals surface area contributed by atoms with Gasteiger partial charge >= 0.3 is 0 Å². The molecule has 7 heteroatoms. The molecule has 14 aromatic carbocycles. The smallest absolute Gasteiger partial charge is 0.238 e. The monoisotopic (exact) mass is 1230 g/mol. The van der Waals surface area contributed by atoms with Crippen LogP contribution in [0.2, 0.25) is 0 Å². The number of rotatable bonds is 14. The van der Waals surface area contributed by atoms with Gasteiger partial charge in [0.15, 0.2) is 27.8 Å². The van der Waals surface area contributed by atoms with E-state index in [1.54, 1.807) is 0 Å². The summed E-state index contributed by atoms with van der Waals surface area (Å²) < 4.78 is 4.71. The van der Waals surface area contributed by atoms with Crippen molar-refractivity contribution in [1.29, 1.82) is 0 Å². The zero-order chi connectivity index (χ0) is 62.4. The molecule has 0 spiro atoms. The number of hydrogen-bond donors (Lipinski definition) is 0. The Balaban J connectivity index is 0.956. The molecule has 0 fully saturated rings. The third-order valence-corrected chi connectivity index (χ3v) is 28.6. The van der Waals surface area contributed by atoms with E-state index in [1.165, 1.54) is 63.7 Å². The van der Waals surface area contributed by atoms with Crippen LogP contribution in [0.25, 0.3) is 100 Å². The van der Waals surface area contributed by atoms with Crippen molar-refractivity contribution in [3.8, 4) is 56.7 Å². The van der Waals surface area contributed by atoms with Crippen LogP contribution in [-0.4, -0.2) is 40.2 Å². The highest BCUT2D eigenvalue weighted by Crippen LogP contribution is 2.42. The van der Waals surface area contributed by atoms with E-state index in [1.807, 2.05) is 0 Å². The first-order chi connectivity index (χ1) is 46.6. The SMILES string of the molecule is c1ccc(-c2cccc([Si](c3ccccc3)(c3ccccc3)c3cccc(-c4nc(-c5cccc([Si](c6ccccc6)(c6ccccc6)c6cccc(-c7ccccc7)c6)c5)nc(-n5c6ccccc6c6ccc7c(c8ccccc8n7-c7ccccc7)c65)n4)c3)c2)cc1. The van der Waals surface area contributed by atoms with Crippen LogP contribution in [0, 0.1) is 0 Å². The number of fused-ring (bicyclic) bond motifs is 7. The van der Waals surface area contributed by atoms with E-state index in [9.17, 15) is 0 Å². The maximum Gasteiger partial charge on any atom is 0.238 e. The van der Waals surface area contributed by atoms with Gasteiger partial charge in [-0.25, -0.2) is 4.98 Å². The predicted octanol–water partition coefficient (Wildman–Crippen LogP) is 15.5. The fourth-order valence-electron chi connectivity index (χ4n) is 15.0. The molecular formula is C87H61N5Si2. The van der Waals surface area contributed by atoms with E-state index in [2.05, 4.69) is 379 Å². The van der Waals surface area contributed by atoms with E-state index in [-0.39, 0.29) is 0 Å². The summed E-state index contributed by atoms with van der Waals surface area (Å²) in [5.41, 5.74) is 11.8. The Morgan fingerprint density at radius 3 is 0.979 bits per heavy atom. The first-order valence-corrected chi connectivity index (χ1v) is 36.2. The van der Waals surface area contributed by atoms with Gasteiger partial charge in [0.05, 0.1) is 22.1 Å². The molecule has 3 aromatic heterocycles. The minimum atomic E-state index is -3.15. The number of aromatic nitrogens is 5. The predicted molar refractivity (Wildman–Crippen MR) is 397 cm³/mol. The molecule has 0 aliphatic heterocycles. The molecule has 0 saturated heterocycles. The summed E-state index contributed by atoms with van der Waals surface area (Å²) in [6.07, 6.45) is 0. The quantitative estimate of drug-likeness (QED) is 0.0805. The molecule has 0 saturated carbocycles. The van der Waals surface area contributed by atoms with Gasteiger partial charge in [0.2, 0.25) is 5.95 Å². The van der Waals surface area contributed by atoms with Gasteiger partial charge < -0.3 is 4.57 Å². The van der Waals surface area contributed by atoms with Crippen molar-refractivity contribution in [2.45, 2.75) is 0 Å². The van der Waals surface area contributed by atoms with Crippen molar-refractivity contribution >= 4 is 101 Å². The summed E-state index contributed by atoms with van der Waals surface area (Å²) in [6.45, 7) is 0. The Kier molecular flexibility index (Phi) is 14.2. The molecule has 442 valence electrons. The molecule has 0 radical (unpaired) electrons. The van der Waals surface area contributed by atoms with Crippen LogP contribution in [0.15, 0.2) is 370 Å². The standard InChI is InChI=1S/C87H61N5Si2/c1-8-30-62(31-9-1)64-34-26-48-73(58-64)93(69-40-14-4-15-41-69,70-42-16-5-17-43-70)75-50-28-36-66(60-75)85-88-86(67-37-29-51-76(61-67)94(71-44-18-6-19-45-71,72-46-20-7-21-47-72)74-49-27-35-65(59-74)63-32-10-2-11-33-63)90-87(89-85)92-80-54-24-22-52-77(80)78-56-57-82-83(84(78)92)79-53-23-25-55-81(79)91(82)68-38-12-3-13-39-68/h1-61H. The van der Waals surface area contributed by atoms with Gasteiger partial charge in [-0.3, -0.25) is 4.57 Å². The third-order valence-electron chi connectivity index (χ3n) is 19.0. The van der Waals surface area contributed by atoms with E-state index in [4.69, 9.17) is 15.0 Å². The van der Waals surface area contributed by atoms with Gasteiger partial charge in [-0.05, 0) is 94.1 Å². The van der Waals surface area contributed by atoms with Gasteiger partial charge in [-0.2, -0.15) is 9.97 Å². The summed E-state index contributed by atoms with van der Waals surface area (Å²) in [6, 6.07) is 136. The molecule has 17 aromatic rings. The molecule has 0 amide bonds. The van der Waals surface area contributed by atoms with E-state index in [0.29, 0.717) is 17.6 Å². The second-order valence-electron chi connectivity index (χ2n) is 24.2. The number of nitrogens with zero attached hydrogens (tertiary/aromatic N) is 5. The fourth-order valence-corrected chi connectivity index (χ4v) is 24.6. The van der Waals surface area contributed by atoms with Crippen LogP contribution >= 0.6 is 0 Å². The second-order valence-corrected chi connectivity index (χ2v) is 31.8. The largest absolute Gasteiger partial charge is 0.309 e. The molecular weight excluding hydrogens is 1170 g/mol. The van der Waals surface area contributed by atoms with Crippen molar-refractivity contribution in [1.82, 2.24) is 24.1 Å². The highest BCUT2D eigenvalue weighted by Gasteiger charge is 2.43. The molecule has 17 rings (SSSR count). The minimum Gasteiger partial charge on any atom is -0.309 e. The summed E-state index contributed by atoms with van der Waals surface area (Å²) in [5.74, 6) is 1.68. The van der Waals surface area contributed by atoms with Crippen molar-refractivity contribution in [2.24, 2.45) is 0 Å². The van der Waals surface area contributed by atoms with Crippen molar-refractivity contribution in [3.05, 3.63) is 370 Å². The Bertz CT molecular complexity index is 5290. The van der Waals surface area contributed by atoms with Crippen molar-refractivity contribution < 1.29 is 0 Å². The minimum absolute atomic E-state index is 0.529. The van der Waals surface area contributed by atoms with Crippen LogP contribution in [0.4, 0.5) is 0 Å². The lowest BCUT2D eigenvalue weighted by atomic mass is 10.1. The number of para-hydroxylation sites is 3. The van der Waals surface area contributed by atoms with Gasteiger partial charge in [-0.15, -0.1) is 0 Å². The van der Waals surface area contributed by atoms with E-state index < -0.39 is 16.1 Å². The van der Waals surface area contributed by atoms with E-state index >= 15 is 0 Å². The van der Waals surface area contributed by atoms with Crippen LogP contribution in [0.5, 0.6) is 0 Å². The molecule has 0 N–H and O–H groups in total. The average Bonchev–Trinajstić information content (AvgIpc) is 1.47. The molecule has 0 atom stereocenters. The Hall–Kier alpha value is -11.9. The van der Waals surface area contributed by atoms with Gasteiger partial charge in [0, 0.05) is 38.4 Å². The third kappa shape index (κ3) is 9.39. The lowest BCUT2D eigenvalue weighted by Crippen LogP contribution is -2.74. The van der Waals surface area contributed by atoms with Crippen LogP contribution in [0.1, 0.15) is 0 Å². The van der Waals surface area contributed by atoms with Gasteiger partial charge in [-0.1, -0.05) is 340 Å². The van der Waals surface area contributed by atoms with Crippen LogP contribution in [-0.2, 0) is 0 Å². The summed E-state index contributed by atoms with van der Waals surface area (Å²) in [5, 5.41) is 14.6. The summed E-state index contributed by atoms with van der Waals surface area (Å²) >= 11 is 0. The van der Waals surface area contributed by atoms with Crippen LogP contribution < -0.4 is 41.5 Å². The Morgan fingerprint density at radius 1 is 0.213 bits per heavy atom. The van der Waals surface area contributed by atoms with Crippen molar-refractivity contribution in [2.75, 3.05) is 0 Å². The highest BCUT2D eigenvalue weighted by atomic mass is 28.3. The van der Waals surface area contributed by atoms with Gasteiger partial charge in [0.1, 0.15) is 0 Å². The molecule has 0 aliphatic rings. The highest BCUT2D eigenvalue weighted by molar-refractivity contribution is 7.20. The van der Waals surface area contributed by atoms with Crippen molar-refractivity contribution in [3.63, 3.8) is 0 Å². The zero-order valence-electron chi connectivity index (χ0n) is 51.5. The molecule has 0 aliphatic carbocycles. The Labute approximate surface area is 548 Å². The number of benzene rings is 14. The number of hydrogen-bond acceptors (Lipinski definition) is 3. The zero-order valence-corrected chi connectivity index (χ0v) is 53.5. The summed E-state index contributed by atoms with van der Waals surface area (Å²) in [7, 11) is -6.31. The lowest BCUT2D eigenvalue weighted by Gasteiger charge is -2.35. The molecule has 0 unspecified atom stereocenters. The molecule has 3 heterocycles. The maximum absolute atomic E-state index is 5.83. The van der Waals surface area contributed by atoms with E-state index in [0.717, 1.165) is 60.4 Å². The lowest BCUT2D eigenvalue weighted by molar-refractivity contribution is 0.955.